The molecular formula is C19H19O4S-. The number of thioether (sulfide) groups is 1. The molecule has 0 fully saturated rings. The number of aliphatic carboxylic acids is 1. The fourth-order valence-corrected chi connectivity index (χ4v) is 3.10. The number of Topliss-reactive ketones (excluding diaryl/α,β-unsaturated/α-hetero) is 1. The number of benzene rings is 2. The third-order valence-corrected chi connectivity index (χ3v) is 4.61. The molecule has 126 valence electrons. The third-order valence-electron chi connectivity index (χ3n) is 3.42. The first-order chi connectivity index (χ1) is 11.5. The Morgan fingerprint density at radius 3 is 2.25 bits per heavy atom. The molecule has 0 aliphatic rings. The number of hydrogen-bond donors (Lipinski definition) is 0. The molecule has 0 radical (unpaired) electrons. The lowest BCUT2D eigenvalue weighted by Gasteiger charge is -2.17. The maximum Gasteiger partial charge on any atom is 0.164 e. The average molecular weight is 343 g/mol. The number of carbonyl (C=O) groups excluding carboxylic acids is 2. The van der Waals surface area contributed by atoms with Crippen LogP contribution in [0.25, 0.3) is 0 Å². The van der Waals surface area contributed by atoms with Gasteiger partial charge in [0.15, 0.2) is 5.78 Å². The van der Waals surface area contributed by atoms with Gasteiger partial charge >= 0.3 is 0 Å². The number of hydrogen-bond acceptors (Lipinski definition) is 5. The van der Waals surface area contributed by atoms with Crippen molar-refractivity contribution in [3.8, 4) is 5.75 Å². The highest BCUT2D eigenvalue weighted by Gasteiger charge is 2.18. The molecule has 24 heavy (non-hydrogen) atoms. The molecule has 0 aromatic heterocycles. The highest BCUT2D eigenvalue weighted by Crippen LogP contribution is 2.27. The van der Waals surface area contributed by atoms with Crippen molar-refractivity contribution in [3.05, 3.63) is 59.7 Å². The first-order valence-electron chi connectivity index (χ1n) is 7.70. The summed E-state index contributed by atoms with van der Waals surface area (Å²) in [6.45, 7) is 4.39. The van der Waals surface area contributed by atoms with Crippen LogP contribution in [-0.2, 0) is 4.79 Å². The van der Waals surface area contributed by atoms with E-state index in [-0.39, 0.29) is 12.2 Å². The van der Waals surface area contributed by atoms with E-state index < -0.39 is 11.2 Å². The van der Waals surface area contributed by atoms with E-state index in [1.54, 1.807) is 24.3 Å². The van der Waals surface area contributed by atoms with Crippen LogP contribution in [0.3, 0.4) is 0 Å². The van der Waals surface area contributed by atoms with Gasteiger partial charge in [-0.2, -0.15) is 0 Å². The SMILES string of the molecule is CCOc1ccc(C(=O)C[C@@H](Sc2ccc(C)cc2)C(=O)[O-])cc1. The van der Waals surface area contributed by atoms with E-state index in [1.807, 2.05) is 38.1 Å². The Balaban J connectivity index is 2.05. The summed E-state index contributed by atoms with van der Waals surface area (Å²) in [5.41, 5.74) is 1.56. The summed E-state index contributed by atoms with van der Waals surface area (Å²) < 4.78 is 5.33. The van der Waals surface area contributed by atoms with Crippen molar-refractivity contribution in [1.82, 2.24) is 0 Å². The monoisotopic (exact) mass is 343 g/mol. The molecule has 0 unspecified atom stereocenters. The van der Waals surface area contributed by atoms with Gasteiger partial charge in [-0.3, -0.25) is 4.79 Å². The maximum atomic E-state index is 12.3. The average Bonchev–Trinajstić information content (AvgIpc) is 2.57. The zero-order valence-electron chi connectivity index (χ0n) is 13.7. The highest BCUT2D eigenvalue weighted by molar-refractivity contribution is 8.00. The first kappa shape index (κ1) is 18.1. The quantitative estimate of drug-likeness (QED) is 0.545. The van der Waals surface area contributed by atoms with Gasteiger partial charge in [-0.15, -0.1) is 11.8 Å². The molecule has 2 rings (SSSR count). The van der Waals surface area contributed by atoms with Gasteiger partial charge < -0.3 is 14.6 Å². The number of ether oxygens (including phenoxy) is 1. The molecule has 5 heteroatoms. The second-order valence-electron chi connectivity index (χ2n) is 5.32. The van der Waals surface area contributed by atoms with Crippen LogP contribution < -0.4 is 9.84 Å². The number of aryl methyl sites for hydroxylation is 1. The van der Waals surface area contributed by atoms with Crippen LogP contribution in [0, 0.1) is 6.92 Å². The lowest BCUT2D eigenvalue weighted by molar-refractivity contribution is -0.304. The second kappa shape index (κ2) is 8.55. The molecule has 0 bridgehead atoms. The number of ketones is 1. The van der Waals surface area contributed by atoms with Crippen molar-refractivity contribution in [1.29, 1.82) is 0 Å². The van der Waals surface area contributed by atoms with E-state index in [0.717, 1.165) is 22.2 Å². The van der Waals surface area contributed by atoms with E-state index in [1.165, 1.54) is 0 Å². The standard InChI is InChI=1S/C19H20O4S/c1-3-23-15-8-6-14(7-9-15)17(20)12-18(19(21)22)24-16-10-4-13(2)5-11-16/h4-11,18H,3,12H2,1-2H3,(H,21,22)/p-1/t18-/m1/s1. The Hall–Kier alpha value is -2.27. The zero-order valence-corrected chi connectivity index (χ0v) is 14.5. The Kier molecular flexibility index (Phi) is 6.44. The molecule has 0 amide bonds. The molecule has 2 aromatic carbocycles. The van der Waals surface area contributed by atoms with E-state index >= 15 is 0 Å². The molecule has 0 N–H and O–H groups in total. The molecule has 0 saturated carbocycles. The third kappa shape index (κ3) is 5.13. The predicted molar refractivity (Wildman–Crippen MR) is 92.4 cm³/mol. The minimum Gasteiger partial charge on any atom is -0.549 e. The summed E-state index contributed by atoms with van der Waals surface area (Å²) in [5, 5.41) is 10.4. The van der Waals surface area contributed by atoms with Gasteiger partial charge in [0.05, 0.1) is 17.8 Å². The Bertz CT molecular complexity index is 692. The van der Waals surface area contributed by atoms with Gasteiger partial charge in [-0.05, 0) is 50.2 Å². The van der Waals surface area contributed by atoms with E-state index in [9.17, 15) is 14.7 Å². The topological polar surface area (TPSA) is 66.4 Å². The van der Waals surface area contributed by atoms with Crippen LogP contribution in [0.5, 0.6) is 5.75 Å². The first-order valence-corrected chi connectivity index (χ1v) is 8.57. The number of carboxylic acid groups (broad SMARTS) is 1. The normalized spacial score (nSPS) is 11.8. The summed E-state index contributed by atoms with van der Waals surface area (Å²) in [5.74, 6) is -0.786. The Morgan fingerprint density at radius 2 is 1.71 bits per heavy atom. The smallest absolute Gasteiger partial charge is 0.164 e. The van der Waals surface area contributed by atoms with Crippen LogP contribution in [0.15, 0.2) is 53.4 Å². The lowest BCUT2D eigenvalue weighted by Crippen LogP contribution is -2.35. The Morgan fingerprint density at radius 1 is 1.08 bits per heavy atom. The fraction of sp³-hybridized carbons (Fsp3) is 0.263. The van der Waals surface area contributed by atoms with Crippen molar-refractivity contribution >= 4 is 23.5 Å². The van der Waals surface area contributed by atoms with Gasteiger partial charge in [-0.25, -0.2) is 0 Å². The summed E-state index contributed by atoms with van der Waals surface area (Å²) in [4.78, 5) is 24.5. The van der Waals surface area contributed by atoms with Crippen LogP contribution in [0.1, 0.15) is 29.3 Å². The van der Waals surface area contributed by atoms with Gasteiger partial charge in [0.25, 0.3) is 0 Å². The molecule has 1 atom stereocenters. The molecule has 0 heterocycles. The van der Waals surface area contributed by atoms with Crippen LogP contribution in [0.2, 0.25) is 0 Å². The van der Waals surface area contributed by atoms with E-state index in [2.05, 4.69) is 0 Å². The molecule has 4 nitrogen and oxygen atoms in total. The molecule has 2 aromatic rings. The van der Waals surface area contributed by atoms with Gasteiger partial charge in [0.1, 0.15) is 5.75 Å². The minimum atomic E-state index is -1.24. The van der Waals surface area contributed by atoms with Crippen molar-refractivity contribution < 1.29 is 19.4 Å². The second-order valence-corrected chi connectivity index (χ2v) is 6.60. The number of carboxylic acids is 1. The van der Waals surface area contributed by atoms with Gasteiger partial charge in [0, 0.05) is 16.9 Å². The summed E-state index contributed by atoms with van der Waals surface area (Å²) in [6.07, 6.45) is -0.116. The van der Waals surface area contributed by atoms with Gasteiger partial charge in [-0.1, -0.05) is 17.7 Å². The number of rotatable bonds is 8. The zero-order chi connectivity index (χ0) is 17.5. The Labute approximate surface area is 145 Å². The van der Waals surface area contributed by atoms with Crippen LogP contribution in [-0.4, -0.2) is 23.6 Å². The molecule has 0 spiro atoms. The van der Waals surface area contributed by atoms with Crippen molar-refractivity contribution in [3.63, 3.8) is 0 Å². The molecule has 0 aliphatic heterocycles. The van der Waals surface area contributed by atoms with Crippen molar-refractivity contribution in [2.75, 3.05) is 6.61 Å². The van der Waals surface area contributed by atoms with E-state index in [4.69, 9.17) is 4.74 Å². The van der Waals surface area contributed by atoms with Gasteiger partial charge in [0.2, 0.25) is 0 Å². The largest absolute Gasteiger partial charge is 0.549 e. The summed E-state index contributed by atoms with van der Waals surface area (Å²) >= 11 is 1.13. The van der Waals surface area contributed by atoms with Crippen molar-refractivity contribution in [2.24, 2.45) is 0 Å². The molecule has 0 saturated heterocycles. The predicted octanol–water partition coefficient (Wildman–Crippen LogP) is 2.88. The maximum absolute atomic E-state index is 12.3. The highest BCUT2D eigenvalue weighted by atomic mass is 32.2. The summed E-state index contributed by atoms with van der Waals surface area (Å²) in [6, 6.07) is 14.2. The fourth-order valence-electron chi connectivity index (χ4n) is 2.14. The molecular weight excluding hydrogens is 324 g/mol. The van der Waals surface area contributed by atoms with Crippen LogP contribution >= 0.6 is 11.8 Å². The minimum absolute atomic E-state index is 0.116. The van der Waals surface area contributed by atoms with Crippen molar-refractivity contribution in [2.45, 2.75) is 30.4 Å². The van der Waals surface area contributed by atoms with Crippen LogP contribution in [0.4, 0.5) is 0 Å². The number of carbonyl (C=O) groups is 2. The van der Waals surface area contributed by atoms with E-state index in [0.29, 0.717) is 17.9 Å². The summed E-state index contributed by atoms with van der Waals surface area (Å²) in [7, 11) is 0. The lowest BCUT2D eigenvalue weighted by atomic mass is 10.1. The molecule has 0 aliphatic carbocycles.